The molecule has 0 aliphatic rings. The van der Waals surface area contributed by atoms with E-state index in [1.807, 2.05) is 0 Å². The standard InChI is InChI=1S/C13H14FN3O2S/c1-9(13-4-2-3-5-16-13)17-20(18,19)12-7-10(14)6-11(15)8-12/h2-9,17H,15H2,1H3. The van der Waals surface area contributed by atoms with E-state index in [1.165, 1.54) is 6.07 Å². The van der Waals surface area contributed by atoms with Gasteiger partial charge in [-0.2, -0.15) is 0 Å². The minimum atomic E-state index is -3.86. The summed E-state index contributed by atoms with van der Waals surface area (Å²) in [5, 5.41) is 0. The third-order valence-electron chi connectivity index (χ3n) is 2.67. The van der Waals surface area contributed by atoms with Crippen LogP contribution in [0.25, 0.3) is 0 Å². The lowest BCUT2D eigenvalue weighted by Gasteiger charge is -2.14. The van der Waals surface area contributed by atoms with Gasteiger partial charge in [0.2, 0.25) is 10.0 Å². The molecular formula is C13H14FN3O2S. The van der Waals surface area contributed by atoms with Crippen molar-refractivity contribution in [2.75, 3.05) is 5.73 Å². The monoisotopic (exact) mass is 295 g/mol. The molecular weight excluding hydrogens is 281 g/mol. The number of nitrogen functional groups attached to an aromatic ring is 1. The third-order valence-corrected chi connectivity index (χ3v) is 4.19. The zero-order valence-electron chi connectivity index (χ0n) is 10.7. The average molecular weight is 295 g/mol. The predicted octanol–water partition coefficient (Wildman–Crippen LogP) is 1.84. The van der Waals surface area contributed by atoms with Gasteiger partial charge in [0.15, 0.2) is 0 Å². The van der Waals surface area contributed by atoms with Gasteiger partial charge in [0.1, 0.15) is 5.82 Å². The Kier molecular flexibility index (Phi) is 4.01. The Morgan fingerprint density at radius 1 is 1.30 bits per heavy atom. The van der Waals surface area contributed by atoms with Crippen LogP contribution in [0.2, 0.25) is 0 Å². The molecule has 2 rings (SSSR count). The molecule has 1 unspecified atom stereocenters. The number of hydrogen-bond donors (Lipinski definition) is 2. The van der Waals surface area contributed by atoms with Crippen molar-refractivity contribution in [3.8, 4) is 0 Å². The number of nitrogens with zero attached hydrogens (tertiary/aromatic N) is 1. The number of aromatic nitrogens is 1. The Bertz CT molecular complexity index is 685. The van der Waals surface area contributed by atoms with Gasteiger partial charge in [0.05, 0.1) is 16.6 Å². The molecule has 3 N–H and O–H groups in total. The van der Waals surface area contributed by atoms with Crippen LogP contribution >= 0.6 is 0 Å². The molecule has 0 radical (unpaired) electrons. The van der Waals surface area contributed by atoms with E-state index < -0.39 is 21.9 Å². The van der Waals surface area contributed by atoms with Gasteiger partial charge in [0, 0.05) is 11.9 Å². The van der Waals surface area contributed by atoms with Crippen LogP contribution in [0.4, 0.5) is 10.1 Å². The number of benzene rings is 1. The SMILES string of the molecule is CC(NS(=O)(=O)c1cc(N)cc(F)c1)c1ccccn1. The molecule has 106 valence electrons. The van der Waals surface area contributed by atoms with Gasteiger partial charge in [-0.05, 0) is 37.3 Å². The first-order chi connectivity index (χ1) is 9.38. The topological polar surface area (TPSA) is 85.1 Å². The molecule has 1 atom stereocenters. The van der Waals surface area contributed by atoms with E-state index >= 15 is 0 Å². The normalized spacial score (nSPS) is 13.1. The highest BCUT2D eigenvalue weighted by Crippen LogP contribution is 2.18. The highest BCUT2D eigenvalue weighted by Gasteiger charge is 2.20. The van der Waals surface area contributed by atoms with Gasteiger partial charge in [-0.1, -0.05) is 6.07 Å². The van der Waals surface area contributed by atoms with E-state index in [2.05, 4.69) is 9.71 Å². The molecule has 0 spiro atoms. The number of sulfonamides is 1. The number of halogens is 1. The fourth-order valence-electron chi connectivity index (χ4n) is 1.73. The van der Waals surface area contributed by atoms with Gasteiger partial charge < -0.3 is 5.73 Å². The number of nitrogens with one attached hydrogen (secondary N) is 1. The number of nitrogens with two attached hydrogens (primary N) is 1. The van der Waals surface area contributed by atoms with Gasteiger partial charge in [-0.15, -0.1) is 0 Å². The summed E-state index contributed by atoms with van der Waals surface area (Å²) >= 11 is 0. The van der Waals surface area contributed by atoms with Crippen molar-refractivity contribution in [3.63, 3.8) is 0 Å². The van der Waals surface area contributed by atoms with Crippen molar-refractivity contribution in [2.45, 2.75) is 17.9 Å². The highest BCUT2D eigenvalue weighted by molar-refractivity contribution is 7.89. The summed E-state index contributed by atoms with van der Waals surface area (Å²) in [6.45, 7) is 1.66. The van der Waals surface area contributed by atoms with Crippen molar-refractivity contribution in [1.29, 1.82) is 0 Å². The maximum atomic E-state index is 13.2. The van der Waals surface area contributed by atoms with Crippen LogP contribution in [0.15, 0.2) is 47.5 Å². The Hall–Kier alpha value is -1.99. The van der Waals surface area contributed by atoms with Crippen molar-refractivity contribution in [2.24, 2.45) is 0 Å². The van der Waals surface area contributed by atoms with E-state index in [9.17, 15) is 12.8 Å². The Labute approximate surface area is 116 Å². The van der Waals surface area contributed by atoms with Crippen LogP contribution in [0, 0.1) is 5.82 Å². The lowest BCUT2D eigenvalue weighted by atomic mass is 10.2. The fourth-order valence-corrected chi connectivity index (χ4v) is 3.01. The Balaban J connectivity index is 2.27. The van der Waals surface area contributed by atoms with Crippen molar-refractivity contribution < 1.29 is 12.8 Å². The van der Waals surface area contributed by atoms with Crippen molar-refractivity contribution in [1.82, 2.24) is 9.71 Å². The maximum Gasteiger partial charge on any atom is 0.241 e. The van der Waals surface area contributed by atoms with E-state index in [0.29, 0.717) is 5.69 Å². The number of hydrogen-bond acceptors (Lipinski definition) is 4. The molecule has 5 nitrogen and oxygen atoms in total. The molecule has 2 aromatic rings. The smallest absolute Gasteiger partial charge is 0.241 e. The molecule has 1 aromatic heterocycles. The predicted molar refractivity (Wildman–Crippen MR) is 73.8 cm³/mol. The van der Waals surface area contributed by atoms with Crippen LogP contribution in [-0.2, 0) is 10.0 Å². The first-order valence-electron chi connectivity index (χ1n) is 5.88. The van der Waals surface area contributed by atoms with Gasteiger partial charge in [-0.25, -0.2) is 17.5 Å². The van der Waals surface area contributed by atoms with Crippen LogP contribution in [-0.4, -0.2) is 13.4 Å². The van der Waals surface area contributed by atoms with E-state index in [0.717, 1.165) is 12.1 Å². The largest absolute Gasteiger partial charge is 0.399 e. The first kappa shape index (κ1) is 14.4. The molecule has 20 heavy (non-hydrogen) atoms. The lowest BCUT2D eigenvalue weighted by Crippen LogP contribution is -2.27. The molecule has 1 heterocycles. The average Bonchev–Trinajstić information content (AvgIpc) is 2.38. The van der Waals surface area contributed by atoms with E-state index in [-0.39, 0.29) is 10.6 Å². The van der Waals surface area contributed by atoms with Crippen LogP contribution in [0.3, 0.4) is 0 Å². The van der Waals surface area contributed by atoms with Gasteiger partial charge in [0.25, 0.3) is 0 Å². The molecule has 0 fully saturated rings. The molecule has 0 bridgehead atoms. The van der Waals surface area contributed by atoms with Crippen LogP contribution < -0.4 is 10.5 Å². The summed E-state index contributed by atoms with van der Waals surface area (Å²) in [5.74, 6) is -0.698. The highest BCUT2D eigenvalue weighted by atomic mass is 32.2. The first-order valence-corrected chi connectivity index (χ1v) is 7.36. The van der Waals surface area contributed by atoms with Gasteiger partial charge >= 0.3 is 0 Å². The number of rotatable bonds is 4. The second kappa shape index (κ2) is 5.56. The Morgan fingerprint density at radius 2 is 2.05 bits per heavy atom. The minimum Gasteiger partial charge on any atom is -0.399 e. The maximum absolute atomic E-state index is 13.2. The van der Waals surface area contributed by atoms with Crippen molar-refractivity contribution >= 4 is 15.7 Å². The number of pyridine rings is 1. The van der Waals surface area contributed by atoms with Gasteiger partial charge in [-0.3, -0.25) is 4.98 Å². The molecule has 0 saturated carbocycles. The van der Waals surface area contributed by atoms with Crippen LogP contribution in [0.5, 0.6) is 0 Å². The summed E-state index contributed by atoms with van der Waals surface area (Å²) in [6, 6.07) is 7.84. The zero-order chi connectivity index (χ0) is 14.8. The quantitative estimate of drug-likeness (QED) is 0.843. The summed E-state index contributed by atoms with van der Waals surface area (Å²) < 4.78 is 40.0. The molecule has 0 amide bonds. The summed E-state index contributed by atoms with van der Waals surface area (Å²) in [5.41, 5.74) is 6.08. The van der Waals surface area contributed by atoms with E-state index in [4.69, 9.17) is 5.73 Å². The zero-order valence-corrected chi connectivity index (χ0v) is 11.6. The molecule has 0 saturated heterocycles. The molecule has 0 aliphatic heterocycles. The second-order valence-corrected chi connectivity index (χ2v) is 6.03. The third kappa shape index (κ3) is 3.31. The van der Waals surface area contributed by atoms with Crippen molar-refractivity contribution in [3.05, 3.63) is 54.1 Å². The second-order valence-electron chi connectivity index (χ2n) is 4.32. The fraction of sp³-hybridized carbons (Fsp3) is 0.154. The Morgan fingerprint density at radius 3 is 2.65 bits per heavy atom. The minimum absolute atomic E-state index is 0.0517. The molecule has 1 aromatic carbocycles. The van der Waals surface area contributed by atoms with Crippen LogP contribution in [0.1, 0.15) is 18.7 Å². The lowest BCUT2D eigenvalue weighted by molar-refractivity contribution is 0.561. The molecule has 0 aliphatic carbocycles. The summed E-state index contributed by atoms with van der Waals surface area (Å²) in [6.07, 6.45) is 1.57. The number of anilines is 1. The summed E-state index contributed by atoms with van der Waals surface area (Å²) in [4.78, 5) is 3.86. The molecule has 7 heteroatoms. The van der Waals surface area contributed by atoms with E-state index in [1.54, 1.807) is 31.3 Å². The summed E-state index contributed by atoms with van der Waals surface area (Å²) in [7, 11) is -3.86.